The van der Waals surface area contributed by atoms with E-state index >= 15 is 0 Å². The summed E-state index contributed by atoms with van der Waals surface area (Å²) in [6, 6.07) is 6.84. The SMILES string of the molecule is O=C(NC1CCC(n2nc(-c3cccnc3)ccc2=O)CC1)c1ncc[nH]c1=O. The Bertz CT molecular complexity index is 1120. The van der Waals surface area contributed by atoms with E-state index < -0.39 is 11.5 Å². The molecule has 0 atom stereocenters. The first-order valence-corrected chi connectivity index (χ1v) is 9.46. The summed E-state index contributed by atoms with van der Waals surface area (Å²) in [7, 11) is 0. The van der Waals surface area contributed by atoms with E-state index in [9.17, 15) is 14.4 Å². The smallest absolute Gasteiger partial charge is 0.279 e. The maximum atomic E-state index is 12.4. The van der Waals surface area contributed by atoms with Gasteiger partial charge in [-0.2, -0.15) is 5.10 Å². The third kappa shape index (κ3) is 4.13. The Morgan fingerprint density at radius 1 is 1.10 bits per heavy atom. The summed E-state index contributed by atoms with van der Waals surface area (Å²) in [6.07, 6.45) is 8.94. The molecule has 148 valence electrons. The largest absolute Gasteiger partial charge is 0.348 e. The van der Waals surface area contributed by atoms with Crippen LogP contribution in [0.2, 0.25) is 0 Å². The van der Waals surface area contributed by atoms with Gasteiger partial charge in [-0.25, -0.2) is 9.67 Å². The van der Waals surface area contributed by atoms with Gasteiger partial charge >= 0.3 is 0 Å². The number of nitrogens with one attached hydrogen (secondary N) is 2. The third-order valence-corrected chi connectivity index (χ3v) is 5.08. The lowest BCUT2D eigenvalue weighted by Crippen LogP contribution is -2.41. The van der Waals surface area contributed by atoms with Gasteiger partial charge in [0.05, 0.1) is 11.7 Å². The van der Waals surface area contributed by atoms with E-state index in [2.05, 4.69) is 25.4 Å². The molecular weight excluding hydrogens is 372 g/mol. The van der Waals surface area contributed by atoms with Crippen molar-refractivity contribution < 1.29 is 4.79 Å². The molecular formula is C20H20N6O3. The van der Waals surface area contributed by atoms with Crippen LogP contribution in [0.25, 0.3) is 11.3 Å². The monoisotopic (exact) mass is 392 g/mol. The van der Waals surface area contributed by atoms with Crippen LogP contribution in [0.1, 0.15) is 42.2 Å². The lowest BCUT2D eigenvalue weighted by Gasteiger charge is -2.29. The van der Waals surface area contributed by atoms with Crippen LogP contribution in [0.3, 0.4) is 0 Å². The topological polar surface area (TPSA) is 123 Å². The first-order valence-electron chi connectivity index (χ1n) is 9.46. The number of amides is 1. The Kier molecular flexibility index (Phi) is 5.28. The van der Waals surface area contributed by atoms with Crippen LogP contribution >= 0.6 is 0 Å². The third-order valence-electron chi connectivity index (χ3n) is 5.08. The Balaban J connectivity index is 1.43. The zero-order valence-corrected chi connectivity index (χ0v) is 15.6. The number of aromatic amines is 1. The molecule has 1 amide bonds. The molecule has 9 nitrogen and oxygen atoms in total. The fourth-order valence-electron chi connectivity index (χ4n) is 3.59. The summed E-state index contributed by atoms with van der Waals surface area (Å²) in [5.41, 5.74) is 0.744. The zero-order valence-electron chi connectivity index (χ0n) is 15.6. The van der Waals surface area contributed by atoms with Gasteiger partial charge in [0, 0.05) is 42.5 Å². The standard InChI is InChI=1S/C20H20N6O3/c27-17-8-7-16(13-2-1-9-21-12-13)25-26(17)15-5-3-14(4-6-15)24-20(29)18-19(28)23-11-10-22-18/h1-2,7-12,14-15H,3-6H2,(H,23,28)(H,24,29). The summed E-state index contributed by atoms with van der Waals surface area (Å²) < 4.78 is 1.53. The number of carbonyl (C=O) groups excluding carboxylic acids is 1. The van der Waals surface area contributed by atoms with Crippen LogP contribution in [-0.2, 0) is 0 Å². The molecule has 0 unspecified atom stereocenters. The molecule has 4 rings (SSSR count). The molecule has 0 aliphatic heterocycles. The van der Waals surface area contributed by atoms with Crippen molar-refractivity contribution in [2.75, 3.05) is 0 Å². The number of rotatable bonds is 4. The first-order chi connectivity index (χ1) is 14.1. The van der Waals surface area contributed by atoms with E-state index in [-0.39, 0.29) is 23.3 Å². The van der Waals surface area contributed by atoms with Crippen molar-refractivity contribution in [2.24, 2.45) is 0 Å². The molecule has 1 fully saturated rings. The van der Waals surface area contributed by atoms with Crippen LogP contribution in [0.5, 0.6) is 0 Å². The number of pyridine rings is 1. The molecule has 1 aliphatic carbocycles. The Morgan fingerprint density at radius 2 is 1.93 bits per heavy atom. The van der Waals surface area contributed by atoms with Crippen molar-refractivity contribution >= 4 is 5.91 Å². The number of nitrogens with zero attached hydrogens (tertiary/aromatic N) is 4. The Morgan fingerprint density at radius 3 is 2.66 bits per heavy atom. The van der Waals surface area contributed by atoms with Gasteiger partial charge in [-0.15, -0.1) is 0 Å². The highest BCUT2D eigenvalue weighted by Crippen LogP contribution is 2.27. The van der Waals surface area contributed by atoms with E-state index in [1.165, 1.54) is 23.1 Å². The van der Waals surface area contributed by atoms with Crippen LogP contribution in [0.15, 0.2) is 58.6 Å². The number of hydrogen-bond donors (Lipinski definition) is 2. The molecule has 3 aromatic heterocycles. The molecule has 0 saturated heterocycles. The lowest BCUT2D eigenvalue weighted by atomic mass is 9.91. The fourth-order valence-corrected chi connectivity index (χ4v) is 3.59. The van der Waals surface area contributed by atoms with Gasteiger partial charge in [0.15, 0.2) is 5.69 Å². The molecule has 2 N–H and O–H groups in total. The quantitative estimate of drug-likeness (QED) is 0.690. The van der Waals surface area contributed by atoms with Crippen molar-refractivity contribution in [1.29, 1.82) is 0 Å². The second-order valence-corrected chi connectivity index (χ2v) is 6.99. The minimum Gasteiger partial charge on any atom is -0.348 e. The average molecular weight is 392 g/mol. The van der Waals surface area contributed by atoms with Crippen molar-refractivity contribution in [3.63, 3.8) is 0 Å². The number of hydrogen-bond acceptors (Lipinski definition) is 6. The minimum atomic E-state index is -0.512. The Hall–Kier alpha value is -3.62. The van der Waals surface area contributed by atoms with Gasteiger partial charge in [-0.3, -0.25) is 19.4 Å². The van der Waals surface area contributed by atoms with E-state index in [1.54, 1.807) is 18.5 Å². The second-order valence-electron chi connectivity index (χ2n) is 6.99. The Labute approximate surface area is 165 Å². The van der Waals surface area contributed by atoms with Crippen molar-refractivity contribution in [2.45, 2.75) is 37.8 Å². The van der Waals surface area contributed by atoms with Gasteiger partial charge in [-0.1, -0.05) is 0 Å². The number of carbonyl (C=O) groups is 1. The normalized spacial score (nSPS) is 18.9. The van der Waals surface area contributed by atoms with Gasteiger partial charge in [0.1, 0.15) is 0 Å². The van der Waals surface area contributed by atoms with Crippen molar-refractivity contribution in [3.05, 3.63) is 75.5 Å². The molecule has 0 spiro atoms. The first kappa shape index (κ1) is 18.7. The summed E-state index contributed by atoms with van der Waals surface area (Å²) in [4.78, 5) is 46.7. The minimum absolute atomic E-state index is 0.0365. The average Bonchev–Trinajstić information content (AvgIpc) is 2.76. The van der Waals surface area contributed by atoms with E-state index in [0.717, 1.165) is 5.56 Å². The number of H-pyrrole nitrogens is 1. The molecule has 3 aromatic rings. The summed E-state index contributed by atoms with van der Waals surface area (Å²) in [6.45, 7) is 0. The van der Waals surface area contributed by atoms with Gasteiger partial charge < -0.3 is 10.3 Å². The van der Waals surface area contributed by atoms with Crippen LogP contribution in [0.4, 0.5) is 0 Å². The molecule has 0 radical (unpaired) electrons. The predicted molar refractivity (Wildman–Crippen MR) is 105 cm³/mol. The molecule has 29 heavy (non-hydrogen) atoms. The van der Waals surface area contributed by atoms with Crippen LogP contribution < -0.4 is 16.4 Å². The molecule has 3 heterocycles. The van der Waals surface area contributed by atoms with E-state index in [1.807, 2.05) is 12.1 Å². The van der Waals surface area contributed by atoms with E-state index in [4.69, 9.17) is 0 Å². The highest BCUT2D eigenvalue weighted by molar-refractivity contribution is 5.92. The summed E-state index contributed by atoms with van der Waals surface area (Å²) >= 11 is 0. The maximum Gasteiger partial charge on any atom is 0.279 e. The van der Waals surface area contributed by atoms with E-state index in [0.29, 0.717) is 31.4 Å². The maximum absolute atomic E-state index is 12.4. The molecule has 0 aromatic carbocycles. The fraction of sp³-hybridized carbons (Fsp3) is 0.300. The highest BCUT2D eigenvalue weighted by atomic mass is 16.2. The van der Waals surface area contributed by atoms with Gasteiger partial charge in [0.2, 0.25) is 0 Å². The second kappa shape index (κ2) is 8.17. The van der Waals surface area contributed by atoms with Gasteiger partial charge in [0.25, 0.3) is 17.0 Å². The van der Waals surface area contributed by atoms with Crippen molar-refractivity contribution in [3.8, 4) is 11.3 Å². The van der Waals surface area contributed by atoms with Gasteiger partial charge in [-0.05, 0) is 43.9 Å². The zero-order chi connectivity index (χ0) is 20.2. The van der Waals surface area contributed by atoms with Crippen LogP contribution in [0, 0.1) is 0 Å². The summed E-state index contributed by atoms with van der Waals surface area (Å²) in [5, 5.41) is 7.40. The molecule has 9 heteroatoms. The lowest BCUT2D eigenvalue weighted by molar-refractivity contribution is 0.0914. The summed E-state index contributed by atoms with van der Waals surface area (Å²) in [5.74, 6) is -0.482. The highest BCUT2D eigenvalue weighted by Gasteiger charge is 2.26. The molecule has 0 bridgehead atoms. The molecule has 1 aliphatic rings. The van der Waals surface area contributed by atoms with Crippen LogP contribution in [-0.4, -0.2) is 36.7 Å². The van der Waals surface area contributed by atoms with Crippen molar-refractivity contribution in [1.82, 2.24) is 30.0 Å². The molecule has 1 saturated carbocycles. The number of aromatic nitrogens is 5. The predicted octanol–water partition coefficient (Wildman–Crippen LogP) is 1.30.